The molecule has 1 heterocycles. The van der Waals surface area contributed by atoms with Gasteiger partial charge in [-0.2, -0.15) is 18.3 Å². The molecule has 2 rings (SSSR count). The number of hydrogen-bond donors (Lipinski definition) is 0. The summed E-state index contributed by atoms with van der Waals surface area (Å²) in [5.74, 6) is 0. The smallest absolute Gasteiger partial charge is 0.245 e. The van der Waals surface area contributed by atoms with Crippen molar-refractivity contribution in [1.82, 2.24) is 9.78 Å². The topological polar surface area (TPSA) is 34.9 Å². The predicted molar refractivity (Wildman–Crippen MR) is 56.0 cm³/mol. The lowest BCUT2D eigenvalue weighted by molar-refractivity contribution is -0.0384. The standard InChI is InChI=1S/C10H7F3N2OS/c11-10(12,13)17(16)9-6-14-15(7-9)8-4-2-1-3-5-8/h1-7H. The Labute approximate surface area is 97.3 Å². The van der Waals surface area contributed by atoms with Gasteiger partial charge in [0.15, 0.2) is 10.8 Å². The molecule has 0 saturated heterocycles. The van der Waals surface area contributed by atoms with E-state index in [1.165, 1.54) is 4.68 Å². The Balaban J connectivity index is 2.32. The number of benzene rings is 1. The predicted octanol–water partition coefficient (Wildman–Crippen LogP) is 2.50. The van der Waals surface area contributed by atoms with Crippen molar-refractivity contribution in [3.05, 3.63) is 42.7 Å². The molecule has 1 atom stereocenters. The van der Waals surface area contributed by atoms with Crippen LogP contribution in [0.3, 0.4) is 0 Å². The van der Waals surface area contributed by atoms with Crippen LogP contribution in [0.1, 0.15) is 0 Å². The first-order valence-corrected chi connectivity index (χ1v) is 5.72. The number of para-hydroxylation sites is 1. The highest BCUT2D eigenvalue weighted by atomic mass is 32.2. The van der Waals surface area contributed by atoms with E-state index in [-0.39, 0.29) is 4.90 Å². The molecule has 0 saturated carbocycles. The van der Waals surface area contributed by atoms with E-state index in [9.17, 15) is 17.4 Å². The molecule has 0 N–H and O–H groups in total. The van der Waals surface area contributed by atoms with Gasteiger partial charge in [0.25, 0.3) is 0 Å². The SMILES string of the molecule is O=S(c1cnn(-c2ccccc2)c1)C(F)(F)F. The van der Waals surface area contributed by atoms with E-state index in [2.05, 4.69) is 5.10 Å². The first kappa shape index (κ1) is 11.8. The molecule has 1 unspecified atom stereocenters. The number of alkyl halides is 3. The zero-order chi connectivity index (χ0) is 12.5. The van der Waals surface area contributed by atoms with E-state index in [1.54, 1.807) is 30.3 Å². The van der Waals surface area contributed by atoms with Crippen LogP contribution in [0.2, 0.25) is 0 Å². The van der Waals surface area contributed by atoms with E-state index in [1.807, 2.05) is 0 Å². The third-order valence-corrected chi connectivity index (χ3v) is 3.06. The molecule has 0 bridgehead atoms. The van der Waals surface area contributed by atoms with E-state index < -0.39 is 16.3 Å². The number of aromatic nitrogens is 2. The summed E-state index contributed by atoms with van der Waals surface area (Å²) >= 11 is 0. The van der Waals surface area contributed by atoms with Crippen LogP contribution < -0.4 is 0 Å². The van der Waals surface area contributed by atoms with Gasteiger partial charge in [-0.3, -0.25) is 0 Å². The first-order chi connectivity index (χ1) is 7.98. The fourth-order valence-corrected chi connectivity index (χ4v) is 1.86. The van der Waals surface area contributed by atoms with Crippen molar-refractivity contribution >= 4 is 10.8 Å². The minimum absolute atomic E-state index is 0.360. The number of hydrogen-bond acceptors (Lipinski definition) is 2. The lowest BCUT2D eigenvalue weighted by atomic mass is 10.3. The van der Waals surface area contributed by atoms with Crippen molar-refractivity contribution in [3.63, 3.8) is 0 Å². The van der Waals surface area contributed by atoms with Gasteiger partial charge in [0.1, 0.15) is 0 Å². The number of nitrogens with zero attached hydrogens (tertiary/aromatic N) is 2. The fourth-order valence-electron chi connectivity index (χ4n) is 1.26. The van der Waals surface area contributed by atoms with E-state index in [0.29, 0.717) is 5.69 Å². The fraction of sp³-hybridized carbons (Fsp3) is 0.100. The van der Waals surface area contributed by atoms with Crippen LogP contribution in [0.15, 0.2) is 47.6 Å². The molecule has 90 valence electrons. The summed E-state index contributed by atoms with van der Waals surface area (Å²) < 4.78 is 48.9. The molecule has 17 heavy (non-hydrogen) atoms. The summed E-state index contributed by atoms with van der Waals surface area (Å²) in [6.07, 6.45) is 2.07. The second-order valence-corrected chi connectivity index (χ2v) is 4.64. The Bertz CT molecular complexity index is 536. The van der Waals surface area contributed by atoms with Crippen molar-refractivity contribution in [2.24, 2.45) is 0 Å². The van der Waals surface area contributed by atoms with Crippen LogP contribution in [0, 0.1) is 0 Å². The maximum absolute atomic E-state index is 12.2. The lowest BCUT2D eigenvalue weighted by Gasteiger charge is -2.02. The maximum atomic E-state index is 12.2. The molecule has 0 aliphatic carbocycles. The van der Waals surface area contributed by atoms with Gasteiger partial charge in [0.05, 0.1) is 16.8 Å². The van der Waals surface area contributed by atoms with E-state index in [4.69, 9.17) is 0 Å². The van der Waals surface area contributed by atoms with Gasteiger partial charge in [-0.1, -0.05) is 18.2 Å². The van der Waals surface area contributed by atoms with Crippen molar-refractivity contribution in [3.8, 4) is 5.69 Å². The molecule has 0 aliphatic rings. The molecular weight excluding hydrogens is 253 g/mol. The summed E-state index contributed by atoms with van der Waals surface area (Å²) in [6, 6.07) is 8.62. The third-order valence-electron chi connectivity index (χ3n) is 2.00. The third kappa shape index (κ3) is 2.55. The molecule has 1 aromatic carbocycles. The molecule has 0 spiro atoms. The highest BCUT2D eigenvalue weighted by Gasteiger charge is 2.38. The van der Waals surface area contributed by atoms with Crippen LogP contribution in [-0.2, 0) is 10.8 Å². The molecule has 7 heteroatoms. The highest BCUT2D eigenvalue weighted by molar-refractivity contribution is 7.86. The van der Waals surface area contributed by atoms with Crippen molar-refractivity contribution in [1.29, 1.82) is 0 Å². The minimum atomic E-state index is -4.76. The Morgan fingerprint density at radius 2 is 1.82 bits per heavy atom. The van der Waals surface area contributed by atoms with E-state index >= 15 is 0 Å². The van der Waals surface area contributed by atoms with Crippen molar-refractivity contribution in [2.45, 2.75) is 10.4 Å². The second-order valence-electron chi connectivity index (χ2n) is 3.17. The number of rotatable bonds is 2. The van der Waals surface area contributed by atoms with Crippen molar-refractivity contribution < 1.29 is 17.4 Å². The lowest BCUT2D eigenvalue weighted by Crippen LogP contribution is -2.15. The zero-order valence-electron chi connectivity index (χ0n) is 8.39. The van der Waals surface area contributed by atoms with Gasteiger partial charge in [0, 0.05) is 6.20 Å². The summed E-state index contributed by atoms with van der Waals surface area (Å²) in [6.45, 7) is 0. The van der Waals surface area contributed by atoms with Gasteiger partial charge in [-0.25, -0.2) is 8.89 Å². The summed E-state index contributed by atoms with van der Waals surface area (Å²) in [5, 5.41) is 3.74. The van der Waals surface area contributed by atoms with Crippen LogP contribution in [0.4, 0.5) is 13.2 Å². The average molecular weight is 260 g/mol. The van der Waals surface area contributed by atoms with Gasteiger partial charge in [-0.05, 0) is 12.1 Å². The molecule has 0 amide bonds. The Morgan fingerprint density at radius 1 is 1.18 bits per heavy atom. The summed E-state index contributed by atoms with van der Waals surface area (Å²) in [7, 11) is -3.04. The van der Waals surface area contributed by atoms with Gasteiger partial charge in [0.2, 0.25) is 0 Å². The highest BCUT2D eigenvalue weighted by Crippen LogP contribution is 2.26. The van der Waals surface area contributed by atoms with Crippen LogP contribution >= 0.6 is 0 Å². The normalized spacial score (nSPS) is 13.6. The Hall–Kier alpha value is -1.63. The molecule has 2 aromatic rings. The Kier molecular flexibility index (Phi) is 3.01. The molecule has 0 aliphatic heterocycles. The molecule has 0 fully saturated rings. The quantitative estimate of drug-likeness (QED) is 0.831. The van der Waals surface area contributed by atoms with Crippen LogP contribution in [-0.4, -0.2) is 19.5 Å². The molecule has 3 nitrogen and oxygen atoms in total. The second kappa shape index (κ2) is 4.33. The van der Waals surface area contributed by atoms with Gasteiger partial charge in [-0.15, -0.1) is 0 Å². The van der Waals surface area contributed by atoms with Crippen molar-refractivity contribution in [2.75, 3.05) is 0 Å². The Morgan fingerprint density at radius 3 is 2.41 bits per heavy atom. The molecular formula is C10H7F3N2OS. The zero-order valence-corrected chi connectivity index (χ0v) is 9.20. The van der Waals surface area contributed by atoms with Crippen LogP contribution in [0.5, 0.6) is 0 Å². The molecule has 1 aromatic heterocycles. The number of halogens is 3. The van der Waals surface area contributed by atoms with Gasteiger partial charge >= 0.3 is 5.51 Å². The largest absolute Gasteiger partial charge is 0.475 e. The minimum Gasteiger partial charge on any atom is -0.245 e. The maximum Gasteiger partial charge on any atom is 0.475 e. The summed E-state index contributed by atoms with van der Waals surface area (Å²) in [5.41, 5.74) is -4.15. The molecule has 0 radical (unpaired) electrons. The summed E-state index contributed by atoms with van der Waals surface area (Å²) in [4.78, 5) is -0.360. The van der Waals surface area contributed by atoms with Gasteiger partial charge < -0.3 is 0 Å². The average Bonchev–Trinajstić information content (AvgIpc) is 2.77. The first-order valence-electron chi connectivity index (χ1n) is 4.57. The van der Waals surface area contributed by atoms with E-state index in [0.717, 1.165) is 12.4 Å². The monoisotopic (exact) mass is 260 g/mol. The van der Waals surface area contributed by atoms with Crippen LogP contribution in [0.25, 0.3) is 5.69 Å².